The fourth-order valence-corrected chi connectivity index (χ4v) is 12.1. The zero-order chi connectivity index (χ0) is 44.5. The number of aromatic nitrogens is 1. The van der Waals surface area contributed by atoms with Gasteiger partial charge in [0.05, 0.1) is 16.4 Å². The van der Waals surface area contributed by atoms with Crippen LogP contribution in [-0.4, -0.2) is 4.57 Å². The lowest BCUT2D eigenvalue weighted by Gasteiger charge is -2.32. The molecule has 0 fully saturated rings. The Morgan fingerprint density at radius 2 is 0.956 bits per heavy atom. The summed E-state index contributed by atoms with van der Waals surface area (Å²) in [6, 6.07) is 89.4. The average molecular weight is 865 g/mol. The zero-order valence-corrected chi connectivity index (χ0v) is 36.9. The van der Waals surface area contributed by atoms with E-state index in [0.29, 0.717) is 0 Å². The Labute approximate surface area is 393 Å². The second kappa shape index (κ2) is 14.0. The third kappa shape index (κ3) is 5.07. The van der Waals surface area contributed by atoms with Crippen molar-refractivity contribution in [3.8, 4) is 39.1 Å². The van der Waals surface area contributed by atoms with E-state index in [4.69, 9.17) is 4.42 Å². The maximum Gasteiger partial charge on any atom is 0.143 e. The van der Waals surface area contributed by atoms with E-state index in [0.717, 1.165) is 61.3 Å². The summed E-state index contributed by atoms with van der Waals surface area (Å²) in [5, 5.41) is 7.05. The normalized spacial score (nSPS) is 13.1. The lowest BCUT2D eigenvalue weighted by molar-refractivity contribution is 0.670. The van der Waals surface area contributed by atoms with Crippen LogP contribution < -0.4 is 4.90 Å². The van der Waals surface area contributed by atoms with Crippen molar-refractivity contribution in [3.05, 3.63) is 265 Å². The molecule has 0 unspecified atom stereocenters. The second-order valence-electron chi connectivity index (χ2n) is 18.4. The Hall–Kier alpha value is -8.92. The van der Waals surface area contributed by atoms with Crippen LogP contribution in [0.4, 0.5) is 17.1 Å². The van der Waals surface area contributed by atoms with E-state index >= 15 is 0 Å². The van der Waals surface area contributed by atoms with Crippen molar-refractivity contribution < 1.29 is 4.42 Å². The molecule has 0 amide bonds. The van der Waals surface area contributed by atoms with Crippen LogP contribution in [0.25, 0.3) is 93.6 Å². The maximum absolute atomic E-state index is 6.92. The van der Waals surface area contributed by atoms with E-state index in [-0.39, 0.29) is 0 Å². The number of furan rings is 1. The summed E-state index contributed by atoms with van der Waals surface area (Å²) in [5.41, 5.74) is 20.6. The summed E-state index contributed by atoms with van der Waals surface area (Å²) in [7, 11) is 0. The van der Waals surface area contributed by atoms with Gasteiger partial charge in [-0.05, 0) is 128 Å². The highest BCUT2D eigenvalue weighted by atomic mass is 16.3. The maximum atomic E-state index is 6.92. The Kier molecular flexibility index (Phi) is 7.71. The summed E-state index contributed by atoms with van der Waals surface area (Å²) in [4.78, 5) is 2.44. The van der Waals surface area contributed by atoms with Gasteiger partial charge in [-0.2, -0.15) is 0 Å². The Bertz CT molecular complexity index is 4170. The molecule has 2 heterocycles. The minimum atomic E-state index is -0.466. The van der Waals surface area contributed by atoms with Crippen LogP contribution in [0, 0.1) is 0 Å². The number of rotatable bonds is 5. The molecule has 2 aliphatic carbocycles. The molecule has 3 nitrogen and oxygen atoms in total. The molecule has 1 spiro atoms. The van der Waals surface area contributed by atoms with Gasteiger partial charge in [-0.1, -0.05) is 176 Å². The van der Waals surface area contributed by atoms with Gasteiger partial charge in [0.15, 0.2) is 0 Å². The van der Waals surface area contributed by atoms with Gasteiger partial charge < -0.3 is 13.9 Å². The van der Waals surface area contributed by atoms with Crippen molar-refractivity contribution in [2.75, 3.05) is 4.90 Å². The molecule has 0 bridgehead atoms. The van der Waals surface area contributed by atoms with Crippen LogP contribution >= 0.6 is 0 Å². The number of anilines is 3. The lowest BCUT2D eigenvalue weighted by atomic mass is 9.70. The van der Waals surface area contributed by atoms with Crippen molar-refractivity contribution in [1.82, 2.24) is 4.57 Å². The van der Waals surface area contributed by atoms with Crippen LogP contribution in [0.2, 0.25) is 0 Å². The third-order valence-electron chi connectivity index (χ3n) is 15.0. The third-order valence-corrected chi connectivity index (χ3v) is 15.0. The lowest BCUT2D eigenvalue weighted by Crippen LogP contribution is -2.26. The summed E-state index contributed by atoms with van der Waals surface area (Å²) in [6.45, 7) is 0. The van der Waals surface area contributed by atoms with Gasteiger partial charge >= 0.3 is 0 Å². The van der Waals surface area contributed by atoms with E-state index < -0.39 is 5.41 Å². The highest BCUT2D eigenvalue weighted by Gasteiger charge is 2.51. The quantitative estimate of drug-likeness (QED) is 0.172. The second-order valence-corrected chi connectivity index (χ2v) is 18.4. The van der Waals surface area contributed by atoms with E-state index in [9.17, 15) is 0 Å². The topological polar surface area (TPSA) is 21.3 Å². The summed E-state index contributed by atoms with van der Waals surface area (Å²) in [5.74, 6) is 0. The highest BCUT2D eigenvalue weighted by molar-refractivity contribution is 6.14. The summed E-state index contributed by atoms with van der Waals surface area (Å²) < 4.78 is 9.34. The minimum Gasteiger partial charge on any atom is -0.455 e. The molecule has 0 saturated heterocycles. The first-order chi connectivity index (χ1) is 33.7. The smallest absolute Gasteiger partial charge is 0.143 e. The molecule has 15 rings (SSSR count). The molecular weight excluding hydrogens is 825 g/mol. The molecule has 2 aliphatic rings. The molecule has 0 saturated carbocycles. The van der Waals surface area contributed by atoms with Crippen LogP contribution in [0.5, 0.6) is 0 Å². The Morgan fingerprint density at radius 1 is 0.338 bits per heavy atom. The number of fused-ring (bicyclic) bond motifs is 17. The Balaban J connectivity index is 0.989. The standard InChI is InChI=1S/C65H40N2O/c1-2-18-44(19-3-1)66(46-33-35-51-50-22-8-13-27-59(50)65(60(51)40-46)57-25-11-6-20-48(57)49-21-7-12-26-58(49)65)47-38-55(64-56(39-47)54-24-10-15-29-63(54)68-64)43-31-34-53-52-23-9-14-28-61(52)67(62(53)37-43)45-32-30-41-16-4-5-17-42(41)36-45/h1-40H. The van der Waals surface area contributed by atoms with Gasteiger partial charge in [0, 0.05) is 49.9 Å². The molecule has 0 radical (unpaired) electrons. The number of benzene rings is 11. The van der Waals surface area contributed by atoms with E-state index in [1.807, 2.05) is 0 Å². The van der Waals surface area contributed by atoms with Crippen molar-refractivity contribution in [1.29, 1.82) is 0 Å². The molecule has 316 valence electrons. The largest absolute Gasteiger partial charge is 0.455 e. The predicted molar refractivity (Wildman–Crippen MR) is 282 cm³/mol. The number of para-hydroxylation sites is 3. The molecule has 0 aliphatic heterocycles. The molecule has 0 N–H and O–H groups in total. The van der Waals surface area contributed by atoms with Gasteiger partial charge in [-0.25, -0.2) is 0 Å². The molecule has 68 heavy (non-hydrogen) atoms. The fourth-order valence-electron chi connectivity index (χ4n) is 12.1. The number of nitrogens with zero attached hydrogens (tertiary/aromatic N) is 2. The van der Waals surface area contributed by atoms with Gasteiger partial charge in [0.1, 0.15) is 11.2 Å². The van der Waals surface area contributed by atoms with Gasteiger partial charge in [-0.3, -0.25) is 0 Å². The highest BCUT2D eigenvalue weighted by Crippen LogP contribution is 2.63. The molecule has 3 heteroatoms. The number of hydrogen-bond acceptors (Lipinski definition) is 2. The monoisotopic (exact) mass is 864 g/mol. The van der Waals surface area contributed by atoms with Gasteiger partial charge in [-0.15, -0.1) is 0 Å². The van der Waals surface area contributed by atoms with Crippen LogP contribution in [0.1, 0.15) is 22.3 Å². The molecular formula is C65H40N2O. The van der Waals surface area contributed by atoms with Crippen molar-refractivity contribution in [3.63, 3.8) is 0 Å². The van der Waals surface area contributed by atoms with Crippen LogP contribution in [0.3, 0.4) is 0 Å². The van der Waals surface area contributed by atoms with Crippen LogP contribution in [0.15, 0.2) is 247 Å². The molecule has 0 atom stereocenters. The summed E-state index contributed by atoms with van der Waals surface area (Å²) >= 11 is 0. The van der Waals surface area contributed by atoms with Crippen LogP contribution in [-0.2, 0) is 5.41 Å². The molecule has 11 aromatic carbocycles. The average Bonchev–Trinajstić information content (AvgIpc) is 4.12. The van der Waals surface area contributed by atoms with E-state index in [1.165, 1.54) is 71.6 Å². The SMILES string of the molecule is c1ccc(N(c2ccc3c(c2)C2(c4ccccc4-c4ccccc42)c2ccccc2-3)c2cc(-c3ccc4c5ccccc5n(-c5ccc6ccccc6c5)c4c3)c3oc4ccccc4c3c2)cc1. The minimum absolute atomic E-state index is 0.466. The summed E-state index contributed by atoms with van der Waals surface area (Å²) in [6.07, 6.45) is 0. The van der Waals surface area contributed by atoms with E-state index in [2.05, 4.69) is 252 Å². The Morgan fingerprint density at radius 3 is 1.72 bits per heavy atom. The van der Waals surface area contributed by atoms with E-state index in [1.54, 1.807) is 0 Å². The van der Waals surface area contributed by atoms with Crippen molar-refractivity contribution in [2.45, 2.75) is 5.41 Å². The first-order valence-corrected chi connectivity index (χ1v) is 23.5. The number of hydrogen-bond donors (Lipinski definition) is 0. The first-order valence-electron chi connectivity index (χ1n) is 23.5. The van der Waals surface area contributed by atoms with Gasteiger partial charge in [0.2, 0.25) is 0 Å². The van der Waals surface area contributed by atoms with Gasteiger partial charge in [0.25, 0.3) is 0 Å². The van der Waals surface area contributed by atoms with Crippen molar-refractivity contribution >= 4 is 71.6 Å². The fraction of sp³-hybridized carbons (Fsp3) is 0.0154. The predicted octanol–water partition coefficient (Wildman–Crippen LogP) is 17.3. The molecule has 13 aromatic rings. The molecule has 2 aromatic heterocycles. The van der Waals surface area contributed by atoms with Crippen molar-refractivity contribution in [2.24, 2.45) is 0 Å². The zero-order valence-electron chi connectivity index (χ0n) is 36.9. The first kappa shape index (κ1) is 37.3.